The van der Waals surface area contributed by atoms with Crippen molar-refractivity contribution >= 4 is 49.7 Å². The number of unbranched alkanes of at least 4 members (excludes halogenated alkanes) is 1. The van der Waals surface area contributed by atoms with Gasteiger partial charge in [-0.05, 0) is 12.5 Å². The Balaban J connectivity index is 1.99. The number of benzene rings is 2. The van der Waals surface area contributed by atoms with Gasteiger partial charge in [0, 0.05) is 22.2 Å². The standard InChI is InChI=1S/C20H17N3O7S/c1-2-3-8-30-20(25)17-15-6-4-5-7-16(15)31-19(17)21-18(24)12-9-13(22(26)27)11-14(10-12)23(28)29/h4-7,9-11H,2-3,8H2,1H3,(H,21,24). The molecule has 0 radical (unpaired) electrons. The third-order valence-electron chi connectivity index (χ3n) is 4.34. The fourth-order valence-electron chi connectivity index (χ4n) is 2.83. The molecule has 1 aromatic heterocycles. The van der Waals surface area contributed by atoms with Crippen molar-refractivity contribution in [1.82, 2.24) is 0 Å². The maximum Gasteiger partial charge on any atom is 0.341 e. The minimum absolute atomic E-state index is 0.171. The lowest BCUT2D eigenvalue weighted by molar-refractivity contribution is -0.394. The van der Waals surface area contributed by atoms with Crippen molar-refractivity contribution in [2.45, 2.75) is 19.8 Å². The molecule has 160 valence electrons. The van der Waals surface area contributed by atoms with Crippen LogP contribution in [0.25, 0.3) is 10.1 Å². The van der Waals surface area contributed by atoms with E-state index in [0.29, 0.717) is 11.8 Å². The Morgan fingerprint density at radius 2 is 1.71 bits per heavy atom. The van der Waals surface area contributed by atoms with E-state index in [1.54, 1.807) is 24.3 Å². The molecule has 0 saturated heterocycles. The number of thiophene rings is 1. The molecule has 0 aliphatic carbocycles. The normalized spacial score (nSPS) is 10.6. The van der Waals surface area contributed by atoms with Gasteiger partial charge in [0.05, 0.1) is 28.1 Å². The van der Waals surface area contributed by atoms with Crippen LogP contribution in [0, 0.1) is 20.2 Å². The molecule has 1 N–H and O–H groups in total. The van der Waals surface area contributed by atoms with Gasteiger partial charge in [-0.15, -0.1) is 11.3 Å². The van der Waals surface area contributed by atoms with Crippen molar-refractivity contribution in [3.8, 4) is 0 Å². The van der Waals surface area contributed by atoms with E-state index in [1.165, 1.54) is 0 Å². The lowest BCUT2D eigenvalue weighted by Gasteiger charge is -2.08. The molecule has 0 fully saturated rings. The van der Waals surface area contributed by atoms with Crippen molar-refractivity contribution in [1.29, 1.82) is 0 Å². The molecule has 31 heavy (non-hydrogen) atoms. The van der Waals surface area contributed by atoms with E-state index in [-0.39, 0.29) is 22.7 Å². The summed E-state index contributed by atoms with van der Waals surface area (Å²) in [4.78, 5) is 46.0. The Morgan fingerprint density at radius 1 is 1.06 bits per heavy atom. The zero-order chi connectivity index (χ0) is 22.5. The first-order valence-corrected chi connectivity index (χ1v) is 10.1. The average molecular weight is 443 g/mol. The van der Waals surface area contributed by atoms with Gasteiger partial charge >= 0.3 is 5.97 Å². The topological polar surface area (TPSA) is 142 Å². The van der Waals surface area contributed by atoms with E-state index in [1.807, 2.05) is 6.92 Å². The second-order valence-electron chi connectivity index (χ2n) is 6.50. The van der Waals surface area contributed by atoms with E-state index in [9.17, 15) is 29.8 Å². The van der Waals surface area contributed by atoms with Crippen LogP contribution in [0.2, 0.25) is 0 Å². The van der Waals surface area contributed by atoms with Gasteiger partial charge in [0.1, 0.15) is 10.6 Å². The quantitative estimate of drug-likeness (QED) is 0.225. The van der Waals surface area contributed by atoms with Crippen LogP contribution in [0.3, 0.4) is 0 Å². The van der Waals surface area contributed by atoms with Crippen LogP contribution in [0.4, 0.5) is 16.4 Å². The van der Waals surface area contributed by atoms with Crippen LogP contribution in [-0.2, 0) is 4.74 Å². The van der Waals surface area contributed by atoms with Crippen molar-refractivity contribution in [2.75, 3.05) is 11.9 Å². The number of esters is 1. The molecule has 0 bridgehead atoms. The number of fused-ring (bicyclic) bond motifs is 1. The first kappa shape index (κ1) is 21.8. The van der Waals surface area contributed by atoms with Crippen LogP contribution in [-0.4, -0.2) is 28.3 Å². The summed E-state index contributed by atoms with van der Waals surface area (Å²) in [6.07, 6.45) is 1.53. The molecule has 1 heterocycles. The number of carbonyl (C=O) groups is 2. The molecule has 2 aromatic carbocycles. The number of nitro groups is 2. The number of nitrogens with one attached hydrogen (secondary N) is 1. The largest absolute Gasteiger partial charge is 0.462 e. The predicted molar refractivity (Wildman–Crippen MR) is 115 cm³/mol. The Labute approximate surface area is 179 Å². The number of nitrogens with zero attached hydrogens (tertiary/aromatic N) is 2. The van der Waals surface area contributed by atoms with Crippen LogP contribution in [0.15, 0.2) is 42.5 Å². The van der Waals surface area contributed by atoms with Gasteiger partial charge < -0.3 is 10.1 Å². The average Bonchev–Trinajstić information content (AvgIpc) is 3.11. The van der Waals surface area contributed by atoms with E-state index in [2.05, 4.69) is 5.32 Å². The zero-order valence-electron chi connectivity index (χ0n) is 16.3. The highest BCUT2D eigenvalue weighted by atomic mass is 32.1. The van der Waals surface area contributed by atoms with Crippen molar-refractivity contribution in [3.05, 3.63) is 73.8 Å². The Bertz CT molecular complexity index is 1160. The maximum absolute atomic E-state index is 12.8. The van der Waals surface area contributed by atoms with Crippen LogP contribution < -0.4 is 5.32 Å². The molecule has 3 rings (SSSR count). The van der Waals surface area contributed by atoms with Gasteiger partial charge in [-0.25, -0.2) is 4.79 Å². The summed E-state index contributed by atoms with van der Waals surface area (Å²) < 4.78 is 6.03. The second-order valence-corrected chi connectivity index (χ2v) is 7.55. The van der Waals surface area contributed by atoms with Gasteiger partial charge in [0.15, 0.2) is 0 Å². The second kappa shape index (κ2) is 9.30. The van der Waals surface area contributed by atoms with Gasteiger partial charge in [0.25, 0.3) is 17.3 Å². The third-order valence-corrected chi connectivity index (χ3v) is 5.43. The SMILES string of the molecule is CCCCOC(=O)c1c(NC(=O)c2cc([N+](=O)[O-])cc([N+](=O)[O-])c2)sc2ccccc12. The Kier molecular flexibility index (Phi) is 6.55. The molecule has 10 nitrogen and oxygen atoms in total. The van der Waals surface area contributed by atoms with E-state index < -0.39 is 33.1 Å². The first-order valence-electron chi connectivity index (χ1n) is 9.25. The smallest absolute Gasteiger partial charge is 0.341 e. The summed E-state index contributed by atoms with van der Waals surface area (Å²) >= 11 is 1.13. The van der Waals surface area contributed by atoms with Crippen LogP contribution in [0.5, 0.6) is 0 Å². The molecular weight excluding hydrogens is 426 g/mol. The Morgan fingerprint density at radius 3 is 2.32 bits per heavy atom. The number of hydrogen-bond acceptors (Lipinski definition) is 8. The van der Waals surface area contributed by atoms with Crippen molar-refractivity contribution < 1.29 is 24.2 Å². The maximum atomic E-state index is 12.8. The molecule has 11 heteroatoms. The lowest BCUT2D eigenvalue weighted by Crippen LogP contribution is -2.15. The number of anilines is 1. The molecule has 3 aromatic rings. The predicted octanol–water partition coefficient (Wildman–Crippen LogP) is 4.93. The highest BCUT2D eigenvalue weighted by Crippen LogP contribution is 2.36. The van der Waals surface area contributed by atoms with Crippen molar-refractivity contribution in [3.63, 3.8) is 0 Å². The molecule has 0 saturated carbocycles. The highest BCUT2D eigenvalue weighted by Gasteiger charge is 2.24. The summed E-state index contributed by atoms with van der Waals surface area (Å²) in [6, 6.07) is 9.66. The highest BCUT2D eigenvalue weighted by molar-refractivity contribution is 7.23. The molecule has 1 amide bonds. The zero-order valence-corrected chi connectivity index (χ0v) is 17.1. The summed E-state index contributed by atoms with van der Waals surface area (Å²) in [6.45, 7) is 2.18. The molecule has 0 unspecified atom stereocenters. The van der Waals surface area contributed by atoms with Crippen LogP contribution in [0.1, 0.15) is 40.5 Å². The number of non-ortho nitro benzene ring substituents is 2. The first-order chi connectivity index (χ1) is 14.8. The van der Waals surface area contributed by atoms with E-state index in [4.69, 9.17) is 4.74 Å². The number of rotatable bonds is 8. The third kappa shape index (κ3) is 4.83. The number of carbonyl (C=O) groups excluding carboxylic acids is 2. The fraction of sp³-hybridized carbons (Fsp3) is 0.200. The lowest BCUT2D eigenvalue weighted by atomic mass is 10.1. The van der Waals surface area contributed by atoms with E-state index >= 15 is 0 Å². The van der Waals surface area contributed by atoms with Gasteiger partial charge in [0.2, 0.25) is 0 Å². The molecule has 0 aliphatic rings. The van der Waals surface area contributed by atoms with E-state index in [0.717, 1.165) is 40.7 Å². The Hall–Kier alpha value is -3.86. The number of amides is 1. The summed E-state index contributed by atoms with van der Waals surface area (Å²) in [5, 5.41) is 25.5. The molecular formula is C20H17N3O7S. The summed E-state index contributed by atoms with van der Waals surface area (Å²) in [7, 11) is 0. The van der Waals surface area contributed by atoms with Gasteiger partial charge in [-0.2, -0.15) is 0 Å². The summed E-state index contributed by atoms with van der Waals surface area (Å²) in [5.41, 5.74) is -1.28. The molecule has 0 atom stereocenters. The summed E-state index contributed by atoms with van der Waals surface area (Å²) in [5.74, 6) is -1.42. The number of hydrogen-bond donors (Lipinski definition) is 1. The monoisotopic (exact) mass is 443 g/mol. The minimum Gasteiger partial charge on any atom is -0.462 e. The van der Waals surface area contributed by atoms with Crippen molar-refractivity contribution in [2.24, 2.45) is 0 Å². The van der Waals surface area contributed by atoms with Crippen LogP contribution >= 0.6 is 11.3 Å². The van der Waals surface area contributed by atoms with Gasteiger partial charge in [-0.3, -0.25) is 25.0 Å². The molecule has 0 spiro atoms. The minimum atomic E-state index is -0.820. The number of nitro benzene ring substituents is 2. The molecule has 0 aliphatic heterocycles. The van der Waals surface area contributed by atoms with Gasteiger partial charge in [-0.1, -0.05) is 31.5 Å². The fourth-order valence-corrected chi connectivity index (χ4v) is 3.92. The number of ether oxygens (including phenoxy) is 1.